The molecule has 1 aliphatic heterocycles. The van der Waals surface area contributed by atoms with Crippen LogP contribution in [0.25, 0.3) is 0 Å². The maximum Gasteiger partial charge on any atom is 0.364 e. The van der Waals surface area contributed by atoms with E-state index >= 15 is 0 Å². The molecule has 0 aliphatic carbocycles. The van der Waals surface area contributed by atoms with E-state index in [1.54, 1.807) is 29.2 Å². The Balaban J connectivity index is 1.71. The number of hydrogen-bond donors (Lipinski definition) is 0. The molecule has 1 fully saturated rings. The van der Waals surface area contributed by atoms with E-state index in [0.717, 1.165) is 18.5 Å². The molecule has 1 aromatic carbocycles. The van der Waals surface area contributed by atoms with Crippen molar-refractivity contribution < 1.29 is 14.3 Å². The summed E-state index contributed by atoms with van der Waals surface area (Å²) in [6, 6.07) is 9.44. The van der Waals surface area contributed by atoms with E-state index in [2.05, 4.69) is 5.10 Å². The summed E-state index contributed by atoms with van der Waals surface area (Å²) in [6.07, 6.45) is 2.16. The second kappa shape index (κ2) is 7.29. The predicted molar refractivity (Wildman–Crippen MR) is 91.8 cm³/mol. The number of aryl methyl sites for hydroxylation is 1. The number of hydrogen-bond acceptors (Lipinski definition) is 5. The minimum atomic E-state index is -0.630. The first-order valence-corrected chi connectivity index (χ1v) is 8.29. The number of amides is 1. The van der Waals surface area contributed by atoms with Crippen LogP contribution in [0.3, 0.4) is 0 Å². The number of aromatic nitrogens is 2. The number of rotatable bonds is 5. The first kappa shape index (κ1) is 16.9. The Morgan fingerprint density at radius 1 is 1.16 bits per heavy atom. The Kier molecular flexibility index (Phi) is 4.92. The SMILES string of the molecule is CCCn1nc(C(=O)Oc2ccc(N3CCCC3=O)cc2)ccc1=O. The molecule has 0 radical (unpaired) electrons. The summed E-state index contributed by atoms with van der Waals surface area (Å²) in [7, 11) is 0. The largest absolute Gasteiger partial charge is 0.422 e. The quantitative estimate of drug-likeness (QED) is 0.614. The summed E-state index contributed by atoms with van der Waals surface area (Å²) in [5.41, 5.74) is 0.613. The summed E-state index contributed by atoms with van der Waals surface area (Å²) in [6.45, 7) is 3.07. The molecule has 130 valence electrons. The van der Waals surface area contributed by atoms with Crippen LogP contribution in [0.4, 0.5) is 5.69 Å². The minimum absolute atomic E-state index is 0.0758. The van der Waals surface area contributed by atoms with Crippen LogP contribution in [0, 0.1) is 0 Å². The monoisotopic (exact) mass is 341 g/mol. The fourth-order valence-corrected chi connectivity index (χ4v) is 2.70. The molecule has 0 saturated carbocycles. The third kappa shape index (κ3) is 3.76. The number of carbonyl (C=O) groups is 2. The van der Waals surface area contributed by atoms with Crippen LogP contribution in [0.15, 0.2) is 41.2 Å². The van der Waals surface area contributed by atoms with E-state index in [9.17, 15) is 14.4 Å². The van der Waals surface area contributed by atoms with Crippen molar-refractivity contribution in [2.75, 3.05) is 11.4 Å². The van der Waals surface area contributed by atoms with Gasteiger partial charge >= 0.3 is 5.97 Å². The first-order chi connectivity index (χ1) is 12.1. The molecule has 1 aromatic heterocycles. The molecule has 7 nitrogen and oxygen atoms in total. The average molecular weight is 341 g/mol. The van der Waals surface area contributed by atoms with Crippen LogP contribution in [0.5, 0.6) is 5.75 Å². The first-order valence-electron chi connectivity index (χ1n) is 8.29. The lowest BCUT2D eigenvalue weighted by Gasteiger charge is -2.15. The summed E-state index contributed by atoms with van der Waals surface area (Å²) in [5.74, 6) is -0.169. The highest BCUT2D eigenvalue weighted by Crippen LogP contribution is 2.24. The average Bonchev–Trinajstić information content (AvgIpc) is 3.04. The number of ether oxygens (including phenoxy) is 1. The zero-order valence-corrected chi connectivity index (χ0v) is 14.0. The van der Waals surface area contributed by atoms with Crippen LogP contribution >= 0.6 is 0 Å². The Labute approximate surface area is 144 Å². The van der Waals surface area contributed by atoms with Crippen molar-refractivity contribution in [3.05, 3.63) is 52.4 Å². The van der Waals surface area contributed by atoms with Crippen LogP contribution < -0.4 is 15.2 Å². The zero-order chi connectivity index (χ0) is 17.8. The van der Waals surface area contributed by atoms with Gasteiger partial charge in [-0.2, -0.15) is 5.10 Å². The fraction of sp³-hybridized carbons (Fsp3) is 0.333. The maximum absolute atomic E-state index is 12.2. The number of benzene rings is 1. The topological polar surface area (TPSA) is 81.5 Å². The van der Waals surface area contributed by atoms with Gasteiger partial charge < -0.3 is 9.64 Å². The third-order valence-corrected chi connectivity index (χ3v) is 3.94. The Hall–Kier alpha value is -2.96. The van der Waals surface area contributed by atoms with Gasteiger partial charge in [0.1, 0.15) is 5.75 Å². The van der Waals surface area contributed by atoms with E-state index in [1.165, 1.54) is 16.8 Å². The van der Waals surface area contributed by atoms with Crippen molar-refractivity contribution in [2.24, 2.45) is 0 Å². The van der Waals surface area contributed by atoms with Gasteiger partial charge in [0.05, 0.1) is 0 Å². The molecule has 0 spiro atoms. The van der Waals surface area contributed by atoms with Crippen LogP contribution in [0.2, 0.25) is 0 Å². The van der Waals surface area contributed by atoms with E-state index < -0.39 is 5.97 Å². The van der Waals surface area contributed by atoms with E-state index in [-0.39, 0.29) is 17.2 Å². The molecule has 1 amide bonds. The van der Waals surface area contributed by atoms with Gasteiger partial charge in [0.25, 0.3) is 5.56 Å². The van der Waals surface area contributed by atoms with Gasteiger partial charge in [-0.05, 0) is 43.2 Å². The fourth-order valence-electron chi connectivity index (χ4n) is 2.70. The van der Waals surface area contributed by atoms with Gasteiger partial charge in [0.2, 0.25) is 5.91 Å². The van der Waals surface area contributed by atoms with Gasteiger partial charge in [-0.3, -0.25) is 9.59 Å². The highest BCUT2D eigenvalue weighted by atomic mass is 16.5. The Morgan fingerprint density at radius 2 is 1.92 bits per heavy atom. The highest BCUT2D eigenvalue weighted by Gasteiger charge is 2.21. The number of carbonyl (C=O) groups excluding carboxylic acids is 2. The number of esters is 1. The minimum Gasteiger partial charge on any atom is -0.422 e. The summed E-state index contributed by atoms with van der Waals surface area (Å²) in [5, 5.41) is 4.03. The molecule has 2 aromatic rings. The van der Waals surface area contributed by atoms with E-state index in [4.69, 9.17) is 4.74 Å². The molecule has 0 bridgehead atoms. The molecular formula is C18H19N3O4. The Bertz CT molecular complexity index is 842. The van der Waals surface area contributed by atoms with Gasteiger partial charge in [-0.25, -0.2) is 9.48 Å². The lowest BCUT2D eigenvalue weighted by molar-refractivity contribution is -0.117. The highest BCUT2D eigenvalue weighted by molar-refractivity contribution is 5.95. The molecule has 0 atom stereocenters. The van der Waals surface area contributed by atoms with E-state index in [1.807, 2.05) is 6.92 Å². The molecule has 2 heterocycles. The molecular weight excluding hydrogens is 322 g/mol. The second-order valence-corrected chi connectivity index (χ2v) is 5.81. The predicted octanol–water partition coefficient (Wildman–Crippen LogP) is 2.00. The van der Waals surface area contributed by atoms with Crippen molar-refractivity contribution in [3.63, 3.8) is 0 Å². The third-order valence-electron chi connectivity index (χ3n) is 3.94. The molecule has 25 heavy (non-hydrogen) atoms. The molecule has 7 heteroatoms. The van der Waals surface area contributed by atoms with Crippen LogP contribution in [0.1, 0.15) is 36.7 Å². The van der Waals surface area contributed by atoms with Gasteiger partial charge in [0.15, 0.2) is 5.69 Å². The Morgan fingerprint density at radius 3 is 2.56 bits per heavy atom. The van der Waals surface area contributed by atoms with Gasteiger partial charge in [-0.1, -0.05) is 6.92 Å². The van der Waals surface area contributed by atoms with Crippen molar-refractivity contribution in [1.82, 2.24) is 9.78 Å². The zero-order valence-electron chi connectivity index (χ0n) is 14.0. The number of anilines is 1. The van der Waals surface area contributed by atoms with Crippen molar-refractivity contribution in [2.45, 2.75) is 32.7 Å². The smallest absolute Gasteiger partial charge is 0.364 e. The van der Waals surface area contributed by atoms with Crippen molar-refractivity contribution in [3.8, 4) is 5.75 Å². The summed E-state index contributed by atoms with van der Waals surface area (Å²) in [4.78, 5) is 37.3. The molecule has 0 unspecified atom stereocenters. The lowest BCUT2D eigenvalue weighted by atomic mass is 10.3. The normalized spacial score (nSPS) is 14.0. The lowest BCUT2D eigenvalue weighted by Crippen LogP contribution is -2.25. The second-order valence-electron chi connectivity index (χ2n) is 5.81. The standard InChI is InChI=1S/C18H19N3O4/c1-2-11-21-17(23)10-9-15(19-21)18(24)25-14-7-5-13(6-8-14)20-12-3-4-16(20)22/h5-10H,2-4,11-12H2,1H3. The van der Waals surface area contributed by atoms with Crippen LogP contribution in [-0.4, -0.2) is 28.2 Å². The van der Waals surface area contributed by atoms with Gasteiger partial charge in [0, 0.05) is 31.3 Å². The molecule has 0 N–H and O–H groups in total. The molecule has 1 saturated heterocycles. The molecule has 3 rings (SSSR count). The molecule has 1 aliphatic rings. The summed E-state index contributed by atoms with van der Waals surface area (Å²) >= 11 is 0. The number of nitrogens with zero attached hydrogens (tertiary/aromatic N) is 3. The van der Waals surface area contributed by atoms with Crippen LogP contribution in [-0.2, 0) is 11.3 Å². The summed E-state index contributed by atoms with van der Waals surface area (Å²) < 4.78 is 6.55. The van der Waals surface area contributed by atoms with E-state index in [0.29, 0.717) is 25.3 Å². The van der Waals surface area contributed by atoms with Crippen molar-refractivity contribution in [1.29, 1.82) is 0 Å². The maximum atomic E-state index is 12.2. The van der Waals surface area contributed by atoms with Gasteiger partial charge in [-0.15, -0.1) is 0 Å². The van der Waals surface area contributed by atoms with Crippen molar-refractivity contribution >= 4 is 17.6 Å².